The maximum absolute atomic E-state index is 13.4. The summed E-state index contributed by atoms with van der Waals surface area (Å²) in [5.41, 5.74) is 2.57. The van der Waals surface area contributed by atoms with Crippen molar-refractivity contribution in [2.45, 2.75) is 93.4 Å². The van der Waals surface area contributed by atoms with Gasteiger partial charge in [0.25, 0.3) is 0 Å². The summed E-state index contributed by atoms with van der Waals surface area (Å²) in [6, 6.07) is 0. The highest BCUT2D eigenvalue weighted by Crippen LogP contribution is 2.45. The monoisotopic (exact) mass is 666 g/mol. The Bertz CT molecular complexity index is 820. The normalized spacial score (nSPS) is 15.1. The lowest BCUT2D eigenvalue weighted by Gasteiger charge is -2.40. The Balaban J connectivity index is 0. The first-order chi connectivity index (χ1) is 18.8. The van der Waals surface area contributed by atoms with Crippen molar-refractivity contribution in [2.24, 2.45) is 22.0 Å². The fraction of sp³-hybridized carbons (Fsp3) is 0.906. The summed E-state index contributed by atoms with van der Waals surface area (Å²) < 4.78 is 18.6. The lowest BCUT2D eigenvalue weighted by molar-refractivity contribution is -0.890. The number of ether oxygens (including phenoxy) is 3. The maximum Gasteiger partial charge on any atom is 0.312 e. The van der Waals surface area contributed by atoms with Crippen molar-refractivity contribution in [3.63, 3.8) is 0 Å². The van der Waals surface area contributed by atoms with Crippen molar-refractivity contribution < 1.29 is 54.5 Å². The van der Waals surface area contributed by atoms with Crippen molar-refractivity contribution in [1.29, 1.82) is 0 Å². The fourth-order valence-electron chi connectivity index (χ4n) is 5.32. The number of hydrogen-bond acceptors (Lipinski definition) is 7. The molecule has 0 spiro atoms. The Kier molecular flexibility index (Phi) is 19.6. The number of nitrogens with two attached hydrogens (primary N) is 1. The van der Waals surface area contributed by atoms with E-state index in [9.17, 15) is 14.4 Å². The Labute approximate surface area is 268 Å². The van der Waals surface area contributed by atoms with Gasteiger partial charge in [0.1, 0.15) is 32.9 Å². The number of esters is 3. The molecule has 0 rings (SSSR count). The summed E-state index contributed by atoms with van der Waals surface area (Å²) in [4.78, 5) is 40.1. The molecule has 2 atom stereocenters. The number of carbonyl (C=O) groups excluding carboxylic acids is 3. The molecule has 0 aliphatic carbocycles. The van der Waals surface area contributed by atoms with Crippen LogP contribution in [0.3, 0.4) is 0 Å². The highest BCUT2D eigenvalue weighted by molar-refractivity contribution is 5.82. The quantitative estimate of drug-likeness (QED) is 0.106. The Morgan fingerprint density at radius 1 is 0.619 bits per heavy atom. The summed E-state index contributed by atoms with van der Waals surface area (Å²) in [5.74, 6) is -1.16. The van der Waals surface area contributed by atoms with Gasteiger partial charge in [-0.3, -0.25) is 14.4 Å². The highest BCUT2D eigenvalue weighted by atomic mass is 79.9. The molecule has 0 heterocycles. The molecule has 0 saturated carbocycles. The molecular weight excluding hydrogens is 602 g/mol. The van der Waals surface area contributed by atoms with E-state index < -0.39 is 22.2 Å². The smallest absolute Gasteiger partial charge is 0.312 e. The fourth-order valence-corrected chi connectivity index (χ4v) is 5.32. The minimum Gasteiger partial charge on any atom is -1.00 e. The summed E-state index contributed by atoms with van der Waals surface area (Å²) >= 11 is 0. The van der Waals surface area contributed by atoms with Crippen LogP contribution in [-0.2, 0) is 28.6 Å². The molecule has 0 saturated heterocycles. The van der Waals surface area contributed by atoms with Gasteiger partial charge in [0.05, 0.1) is 57.5 Å². The zero-order valence-corrected chi connectivity index (χ0v) is 30.5. The topological polar surface area (TPSA) is 105 Å². The predicted octanol–water partition coefficient (Wildman–Crippen LogP) is 1.56. The van der Waals surface area contributed by atoms with Gasteiger partial charge in [-0.2, -0.15) is 0 Å². The van der Waals surface area contributed by atoms with Crippen LogP contribution >= 0.6 is 0 Å². The summed E-state index contributed by atoms with van der Waals surface area (Å²) in [6.45, 7) is 17.8. The van der Waals surface area contributed by atoms with Crippen LogP contribution in [0.5, 0.6) is 0 Å². The molecule has 0 aromatic rings. The van der Waals surface area contributed by atoms with Crippen molar-refractivity contribution in [3.05, 3.63) is 0 Å². The van der Waals surface area contributed by atoms with E-state index in [1.807, 2.05) is 13.8 Å². The van der Waals surface area contributed by atoms with Crippen LogP contribution in [-0.4, -0.2) is 108 Å². The number of rotatable bonds is 22. The first-order valence-corrected chi connectivity index (χ1v) is 15.7. The van der Waals surface area contributed by atoms with Crippen LogP contribution in [0.25, 0.3) is 0 Å². The molecule has 42 heavy (non-hydrogen) atoms. The number of quaternary nitrogens is 2. The van der Waals surface area contributed by atoms with Crippen molar-refractivity contribution in [1.82, 2.24) is 0 Å². The predicted molar refractivity (Wildman–Crippen MR) is 165 cm³/mol. The van der Waals surface area contributed by atoms with Crippen molar-refractivity contribution >= 4 is 17.9 Å². The number of nitrogens with zero attached hydrogens (tertiary/aromatic N) is 2. The van der Waals surface area contributed by atoms with Gasteiger partial charge in [-0.15, -0.1) is 0 Å². The molecule has 2 unspecified atom stereocenters. The van der Waals surface area contributed by atoms with Gasteiger partial charge < -0.3 is 45.9 Å². The third kappa shape index (κ3) is 15.5. The van der Waals surface area contributed by atoms with Crippen molar-refractivity contribution in [2.75, 3.05) is 80.7 Å². The second-order valence-corrected chi connectivity index (χ2v) is 14.4. The largest absolute Gasteiger partial charge is 1.00 e. The molecule has 0 aliphatic heterocycles. The molecule has 0 aromatic heterocycles. The van der Waals surface area contributed by atoms with Crippen LogP contribution in [0, 0.1) is 16.2 Å². The second-order valence-electron chi connectivity index (χ2n) is 14.4. The number of halogens is 1. The van der Waals surface area contributed by atoms with Gasteiger partial charge in [0.15, 0.2) is 0 Å². The Hall–Kier alpha value is -1.23. The van der Waals surface area contributed by atoms with E-state index in [0.29, 0.717) is 32.7 Å². The molecule has 0 aliphatic rings. The summed E-state index contributed by atoms with van der Waals surface area (Å²) in [7, 11) is 8.54. The molecule has 10 heteroatoms. The van der Waals surface area contributed by atoms with Gasteiger partial charge in [0.2, 0.25) is 0 Å². The van der Waals surface area contributed by atoms with Crippen LogP contribution in [0.1, 0.15) is 93.4 Å². The van der Waals surface area contributed by atoms with Gasteiger partial charge >= 0.3 is 17.9 Å². The van der Waals surface area contributed by atoms with E-state index in [1.165, 1.54) is 0 Å². The first kappa shape index (κ1) is 42.9. The third-order valence-electron chi connectivity index (χ3n) is 8.38. The Morgan fingerprint density at radius 2 is 1.02 bits per heavy atom. The molecule has 0 bridgehead atoms. The number of likely N-dealkylation sites (N-methyl/N-ethyl adjacent to an activating group) is 2. The van der Waals surface area contributed by atoms with E-state index in [1.54, 1.807) is 20.8 Å². The second kappa shape index (κ2) is 19.2. The molecule has 0 aromatic carbocycles. The minimum atomic E-state index is -1.13. The number of hydrogen-bond donors (Lipinski definition) is 1. The standard InChI is InChI=1S/C32H65N3O6.BrH/c1-12-15-18-34(8,9)20-23-40-27(36)30(4,5)25-32(7,29(38)39-22-17-33)26-31(6,14-3)28(37)41-24-21-35(10,11)19-16-13-2;/h12-26,33H2,1-11H3;1H/q+2;/p-1. The van der Waals surface area contributed by atoms with Crippen LogP contribution in [0.4, 0.5) is 0 Å². The molecule has 2 N–H and O–H groups in total. The average molecular weight is 668 g/mol. The maximum atomic E-state index is 13.4. The van der Waals surface area contributed by atoms with Crippen LogP contribution < -0.4 is 22.7 Å². The first-order valence-electron chi connectivity index (χ1n) is 15.7. The summed E-state index contributed by atoms with van der Waals surface area (Å²) in [5, 5.41) is 0. The van der Waals surface area contributed by atoms with E-state index in [-0.39, 0.29) is 54.9 Å². The zero-order chi connectivity index (χ0) is 32.0. The zero-order valence-electron chi connectivity index (χ0n) is 28.9. The number of carbonyl (C=O) groups is 3. The van der Waals surface area contributed by atoms with Crippen molar-refractivity contribution in [3.8, 4) is 0 Å². The number of unbranched alkanes of at least 4 members (excludes halogenated alkanes) is 2. The van der Waals surface area contributed by atoms with Gasteiger partial charge in [-0.25, -0.2) is 0 Å². The van der Waals surface area contributed by atoms with Gasteiger partial charge in [-0.1, -0.05) is 33.6 Å². The minimum absolute atomic E-state index is 0. The van der Waals surface area contributed by atoms with Crippen LogP contribution in [0.2, 0.25) is 0 Å². The SMILES string of the molecule is CCCC[N+](C)(C)CCOC(=O)C(C)(C)CC(C)(CC(C)(CC)C(=O)OCC[N+](C)(C)CCCC)C(=O)OCCN.[Br-]. The van der Waals surface area contributed by atoms with E-state index in [2.05, 4.69) is 42.0 Å². The third-order valence-corrected chi connectivity index (χ3v) is 8.38. The molecule has 250 valence electrons. The average Bonchev–Trinajstić information content (AvgIpc) is 2.88. The lowest BCUT2D eigenvalue weighted by atomic mass is 9.65. The van der Waals surface area contributed by atoms with E-state index in [0.717, 1.165) is 47.7 Å². The van der Waals surface area contributed by atoms with E-state index in [4.69, 9.17) is 19.9 Å². The summed E-state index contributed by atoms with van der Waals surface area (Å²) in [6.07, 6.45) is 5.30. The van der Waals surface area contributed by atoms with Crippen LogP contribution in [0.15, 0.2) is 0 Å². The molecule has 0 fully saturated rings. The molecule has 0 radical (unpaired) electrons. The van der Waals surface area contributed by atoms with E-state index >= 15 is 0 Å². The molecule has 0 amide bonds. The lowest BCUT2D eigenvalue weighted by Crippen LogP contribution is -3.00. The molecule has 9 nitrogen and oxygen atoms in total. The van der Waals surface area contributed by atoms with Gasteiger partial charge in [-0.05, 0) is 59.8 Å². The van der Waals surface area contributed by atoms with Gasteiger partial charge in [0, 0.05) is 6.54 Å². The Morgan fingerprint density at radius 3 is 1.43 bits per heavy atom. The molecular formula is C32H65BrN3O6+. The highest BCUT2D eigenvalue weighted by Gasteiger charge is 2.50.